The van der Waals surface area contributed by atoms with Gasteiger partial charge in [-0.05, 0) is 60.2 Å². The molecular weight excluding hydrogens is 256 g/mol. The summed E-state index contributed by atoms with van der Waals surface area (Å²) in [5.41, 5.74) is 1.34. The number of hydrogen-bond acceptors (Lipinski definition) is 4. The van der Waals surface area contributed by atoms with E-state index in [9.17, 15) is 9.59 Å². The minimum absolute atomic E-state index is 0.290. The van der Waals surface area contributed by atoms with Gasteiger partial charge in [0.05, 0.1) is 25.4 Å². The van der Waals surface area contributed by atoms with E-state index < -0.39 is 0 Å². The van der Waals surface area contributed by atoms with Crippen molar-refractivity contribution in [3.63, 3.8) is 0 Å². The van der Waals surface area contributed by atoms with Crippen LogP contribution in [-0.2, 0) is 19.1 Å². The van der Waals surface area contributed by atoms with Crippen LogP contribution in [0.2, 0.25) is 0 Å². The van der Waals surface area contributed by atoms with Gasteiger partial charge in [-0.25, -0.2) is 9.59 Å². The molecule has 0 saturated heterocycles. The number of ether oxygens (including phenoxy) is 2. The Kier molecular flexibility index (Phi) is 1.87. The van der Waals surface area contributed by atoms with Gasteiger partial charge in [-0.1, -0.05) is 0 Å². The van der Waals surface area contributed by atoms with Crippen LogP contribution in [0.3, 0.4) is 0 Å². The first-order chi connectivity index (χ1) is 9.70. The predicted molar refractivity (Wildman–Crippen MR) is 68.2 cm³/mol. The van der Waals surface area contributed by atoms with Crippen LogP contribution < -0.4 is 0 Å². The molecule has 8 atom stereocenters. The van der Waals surface area contributed by atoms with Gasteiger partial charge in [-0.2, -0.15) is 0 Å². The summed E-state index contributed by atoms with van der Waals surface area (Å²) in [6, 6.07) is 0. The van der Waals surface area contributed by atoms with E-state index in [0.717, 1.165) is 17.8 Å². The highest BCUT2D eigenvalue weighted by Crippen LogP contribution is 2.83. The number of carbonyl (C=O) groups excluding carboxylic acids is 2. The molecule has 0 aromatic carbocycles. The second kappa shape index (κ2) is 3.29. The molecule has 8 bridgehead atoms. The maximum atomic E-state index is 12.2. The molecule has 4 heteroatoms. The molecule has 0 radical (unpaired) electrons. The highest BCUT2D eigenvalue weighted by atomic mass is 16.5. The number of methoxy groups -OCH3 is 2. The van der Waals surface area contributed by atoms with Gasteiger partial charge in [0.25, 0.3) is 0 Å². The second-order valence-corrected chi connectivity index (χ2v) is 7.08. The van der Waals surface area contributed by atoms with Gasteiger partial charge >= 0.3 is 11.9 Å². The first kappa shape index (κ1) is 11.4. The Morgan fingerprint density at radius 2 is 1.25 bits per heavy atom. The van der Waals surface area contributed by atoms with Crippen molar-refractivity contribution in [2.75, 3.05) is 14.2 Å². The molecular formula is C16H18O4. The molecule has 0 heterocycles. The number of hydrogen-bond donors (Lipinski definition) is 0. The fourth-order valence-electron chi connectivity index (χ4n) is 7.19. The first-order valence-corrected chi connectivity index (χ1v) is 7.61. The molecule has 6 aliphatic rings. The van der Waals surface area contributed by atoms with Crippen molar-refractivity contribution in [1.29, 1.82) is 0 Å². The van der Waals surface area contributed by atoms with Crippen molar-refractivity contribution in [3.05, 3.63) is 11.1 Å². The van der Waals surface area contributed by atoms with Crippen molar-refractivity contribution in [3.8, 4) is 0 Å². The molecule has 5 fully saturated rings. The van der Waals surface area contributed by atoms with Gasteiger partial charge in [0.2, 0.25) is 0 Å². The Labute approximate surface area is 117 Å². The molecule has 0 aromatic rings. The summed E-state index contributed by atoms with van der Waals surface area (Å²) in [7, 11) is 2.82. The van der Waals surface area contributed by atoms with E-state index in [1.165, 1.54) is 27.1 Å². The lowest BCUT2D eigenvalue weighted by atomic mass is 9.69. The molecule has 0 aliphatic heterocycles. The van der Waals surface area contributed by atoms with Crippen LogP contribution in [0.4, 0.5) is 0 Å². The summed E-state index contributed by atoms with van der Waals surface area (Å²) in [5.74, 6) is 4.20. The number of carbonyl (C=O) groups is 2. The van der Waals surface area contributed by atoms with Crippen LogP contribution in [-0.4, -0.2) is 26.2 Å². The predicted octanol–water partition coefficient (Wildman–Crippen LogP) is 1.41. The van der Waals surface area contributed by atoms with Gasteiger partial charge in [0.1, 0.15) is 0 Å². The van der Waals surface area contributed by atoms with Gasteiger partial charge in [-0.3, -0.25) is 0 Å². The van der Waals surface area contributed by atoms with Gasteiger partial charge in [0, 0.05) is 0 Å². The maximum absolute atomic E-state index is 12.2. The van der Waals surface area contributed by atoms with E-state index in [1.807, 2.05) is 0 Å². The zero-order valence-electron chi connectivity index (χ0n) is 11.7. The van der Waals surface area contributed by atoms with Crippen LogP contribution in [0, 0.1) is 47.3 Å². The molecule has 0 aromatic heterocycles. The lowest BCUT2D eigenvalue weighted by Gasteiger charge is -2.35. The highest BCUT2D eigenvalue weighted by Gasteiger charge is 2.80. The summed E-state index contributed by atoms with van der Waals surface area (Å²) in [6.07, 6.45) is 2.66. The van der Waals surface area contributed by atoms with Gasteiger partial charge in [0.15, 0.2) is 0 Å². The SMILES string of the molecule is COC(=O)C1=C(C(=O)OC)[C@H]2C3C4[C@H]5CC[C@H]4[C@@H]2[C@H]5[C@H]13. The lowest BCUT2D eigenvalue weighted by Crippen LogP contribution is -2.34. The Morgan fingerprint density at radius 3 is 1.65 bits per heavy atom. The molecule has 5 saturated carbocycles. The third-order valence-electron chi connectivity index (χ3n) is 7.13. The minimum atomic E-state index is -0.301. The molecule has 4 nitrogen and oxygen atoms in total. The average Bonchev–Trinajstić information content (AvgIpc) is 3.23. The molecule has 0 spiro atoms. The average molecular weight is 274 g/mol. The smallest absolute Gasteiger partial charge is 0.334 e. The Hall–Kier alpha value is -1.32. The summed E-state index contributed by atoms with van der Waals surface area (Å²) in [6.45, 7) is 0. The topological polar surface area (TPSA) is 52.6 Å². The van der Waals surface area contributed by atoms with Crippen LogP contribution in [0.25, 0.3) is 0 Å². The van der Waals surface area contributed by atoms with Crippen LogP contribution in [0.15, 0.2) is 11.1 Å². The molecule has 0 amide bonds. The lowest BCUT2D eigenvalue weighted by molar-refractivity contribution is -0.140. The Bertz CT molecular complexity index is 529. The van der Waals surface area contributed by atoms with Crippen molar-refractivity contribution < 1.29 is 19.1 Å². The van der Waals surface area contributed by atoms with Gasteiger partial charge < -0.3 is 9.47 Å². The number of rotatable bonds is 2. The quantitative estimate of drug-likeness (QED) is 0.714. The summed E-state index contributed by atoms with van der Waals surface area (Å²) < 4.78 is 9.92. The van der Waals surface area contributed by atoms with Crippen molar-refractivity contribution >= 4 is 11.9 Å². The maximum Gasteiger partial charge on any atom is 0.334 e. The van der Waals surface area contributed by atoms with E-state index >= 15 is 0 Å². The number of esters is 2. The summed E-state index contributed by atoms with van der Waals surface area (Å²) in [5, 5.41) is 0. The van der Waals surface area contributed by atoms with Gasteiger partial charge in [-0.15, -0.1) is 0 Å². The Morgan fingerprint density at radius 1 is 0.800 bits per heavy atom. The van der Waals surface area contributed by atoms with E-state index in [1.54, 1.807) is 0 Å². The Balaban J connectivity index is 1.68. The van der Waals surface area contributed by atoms with Crippen LogP contribution >= 0.6 is 0 Å². The zero-order chi connectivity index (χ0) is 13.8. The van der Waals surface area contributed by atoms with Crippen LogP contribution in [0.5, 0.6) is 0 Å². The van der Waals surface area contributed by atoms with Crippen molar-refractivity contribution in [1.82, 2.24) is 0 Å². The molecule has 6 rings (SSSR count). The molecule has 20 heavy (non-hydrogen) atoms. The van der Waals surface area contributed by atoms with E-state index in [0.29, 0.717) is 28.9 Å². The normalized spacial score (nSPS) is 52.3. The van der Waals surface area contributed by atoms with Crippen molar-refractivity contribution in [2.24, 2.45) is 47.3 Å². The molecule has 106 valence electrons. The second-order valence-electron chi connectivity index (χ2n) is 7.08. The monoisotopic (exact) mass is 274 g/mol. The molecule has 6 aliphatic carbocycles. The molecule has 2 unspecified atom stereocenters. The largest absolute Gasteiger partial charge is 0.466 e. The third-order valence-corrected chi connectivity index (χ3v) is 7.13. The van der Waals surface area contributed by atoms with E-state index in [2.05, 4.69) is 0 Å². The standard InChI is InChI=1S/C16H18O4/c1-19-15(17)13-11-8-5-3-4-6-7(5)10(11)12(9(6)8)14(13)16(18)20-2/h5-12H,3-4H2,1-2H3/t5-,6-,7?,8-,9+,10?,11-,12+/m1/s1. The third kappa shape index (κ3) is 0.895. The van der Waals surface area contributed by atoms with E-state index in [-0.39, 0.29) is 23.8 Å². The fourth-order valence-corrected chi connectivity index (χ4v) is 7.19. The minimum Gasteiger partial charge on any atom is -0.466 e. The highest BCUT2D eigenvalue weighted by molar-refractivity contribution is 6.03. The molecule has 0 N–H and O–H groups in total. The van der Waals surface area contributed by atoms with Crippen LogP contribution in [0.1, 0.15) is 12.8 Å². The summed E-state index contributed by atoms with van der Waals surface area (Å²) >= 11 is 0. The fraction of sp³-hybridized carbons (Fsp3) is 0.750. The van der Waals surface area contributed by atoms with Crippen molar-refractivity contribution in [2.45, 2.75) is 12.8 Å². The first-order valence-electron chi connectivity index (χ1n) is 7.61. The summed E-state index contributed by atoms with van der Waals surface area (Å²) in [4.78, 5) is 24.4. The zero-order valence-corrected chi connectivity index (χ0v) is 11.7. The van der Waals surface area contributed by atoms with E-state index in [4.69, 9.17) is 9.47 Å².